The van der Waals surface area contributed by atoms with Crippen LogP contribution in [-0.4, -0.2) is 48.8 Å². The van der Waals surface area contributed by atoms with E-state index < -0.39 is 0 Å². The lowest BCUT2D eigenvalue weighted by molar-refractivity contribution is 0.0786. The molecule has 2 aliphatic rings. The Hall–Kier alpha value is -1.82. The van der Waals surface area contributed by atoms with Gasteiger partial charge in [0.05, 0.1) is 19.8 Å². The van der Waals surface area contributed by atoms with E-state index in [0.717, 1.165) is 31.4 Å². The van der Waals surface area contributed by atoms with Crippen LogP contribution in [0.4, 0.5) is 0 Å². The van der Waals surface area contributed by atoms with Crippen LogP contribution in [0.15, 0.2) is 10.9 Å². The van der Waals surface area contributed by atoms with Gasteiger partial charge >= 0.3 is 0 Å². The topological polar surface area (TPSA) is 60.8 Å². The summed E-state index contributed by atoms with van der Waals surface area (Å²) >= 11 is 0. The minimum absolute atomic E-state index is 0.0649. The lowest BCUT2D eigenvalue weighted by atomic mass is 10.1. The molecule has 1 aromatic heterocycles. The summed E-state index contributed by atoms with van der Waals surface area (Å²) < 4.78 is 13.1. The van der Waals surface area contributed by atoms with Crippen LogP contribution >= 0.6 is 0 Å². The standard InChI is InChI=1S/C19H28N2O4/c1-3-4-8-20(2)19(23)18-15-7-10-24-11-9-21(15)17(22)12-16(18)25-13-14-5-6-14/h12,14H,3-11,13H2,1-2H3. The van der Waals surface area contributed by atoms with E-state index in [4.69, 9.17) is 9.47 Å². The van der Waals surface area contributed by atoms with Crippen molar-refractivity contribution in [1.82, 2.24) is 9.47 Å². The van der Waals surface area contributed by atoms with E-state index in [1.54, 1.807) is 9.47 Å². The molecular weight excluding hydrogens is 320 g/mol. The second-order valence-electron chi connectivity index (χ2n) is 7.02. The number of ether oxygens (including phenoxy) is 2. The molecule has 2 heterocycles. The Balaban J connectivity index is 1.98. The Morgan fingerprint density at radius 1 is 1.40 bits per heavy atom. The van der Waals surface area contributed by atoms with Crippen molar-refractivity contribution in [3.05, 3.63) is 27.7 Å². The van der Waals surface area contributed by atoms with Gasteiger partial charge in [0.2, 0.25) is 0 Å². The molecule has 3 rings (SSSR count). The first-order chi connectivity index (χ1) is 12.1. The molecular formula is C19H28N2O4. The summed E-state index contributed by atoms with van der Waals surface area (Å²) in [6.07, 6.45) is 4.87. The molecule has 25 heavy (non-hydrogen) atoms. The fraction of sp³-hybridized carbons (Fsp3) is 0.684. The Kier molecular flexibility index (Phi) is 5.78. The average molecular weight is 348 g/mol. The SMILES string of the molecule is CCCCN(C)C(=O)c1c(OCC2CC2)cc(=O)n2c1CCOCC2. The molecule has 0 radical (unpaired) electrons. The fourth-order valence-corrected chi connectivity index (χ4v) is 3.13. The van der Waals surface area contributed by atoms with Crippen LogP contribution in [-0.2, 0) is 17.7 Å². The molecule has 0 aromatic carbocycles. The van der Waals surface area contributed by atoms with Gasteiger partial charge in [0, 0.05) is 38.3 Å². The van der Waals surface area contributed by atoms with E-state index in [2.05, 4.69) is 6.92 Å². The third kappa shape index (κ3) is 4.24. The van der Waals surface area contributed by atoms with Crippen molar-refractivity contribution in [2.45, 2.75) is 45.6 Å². The number of aromatic nitrogens is 1. The van der Waals surface area contributed by atoms with Crippen LogP contribution in [0.2, 0.25) is 0 Å². The fourth-order valence-electron chi connectivity index (χ4n) is 3.13. The van der Waals surface area contributed by atoms with E-state index in [9.17, 15) is 9.59 Å². The van der Waals surface area contributed by atoms with Crippen LogP contribution in [0.1, 0.15) is 48.7 Å². The van der Waals surface area contributed by atoms with Gasteiger partial charge in [-0.3, -0.25) is 9.59 Å². The van der Waals surface area contributed by atoms with Crippen molar-refractivity contribution in [1.29, 1.82) is 0 Å². The number of unbranched alkanes of at least 4 members (excludes halogenated alkanes) is 1. The van der Waals surface area contributed by atoms with Gasteiger partial charge in [-0.15, -0.1) is 0 Å². The maximum Gasteiger partial charge on any atom is 0.259 e. The largest absolute Gasteiger partial charge is 0.492 e. The zero-order chi connectivity index (χ0) is 17.8. The molecule has 1 fully saturated rings. The maximum absolute atomic E-state index is 13.1. The van der Waals surface area contributed by atoms with E-state index in [1.807, 2.05) is 7.05 Å². The monoisotopic (exact) mass is 348 g/mol. The number of fused-ring (bicyclic) bond motifs is 1. The summed E-state index contributed by atoms with van der Waals surface area (Å²) in [4.78, 5) is 27.4. The van der Waals surface area contributed by atoms with E-state index in [0.29, 0.717) is 56.6 Å². The molecule has 6 nitrogen and oxygen atoms in total. The third-order valence-corrected chi connectivity index (χ3v) is 4.90. The summed E-state index contributed by atoms with van der Waals surface area (Å²) in [6.45, 7) is 4.88. The highest BCUT2D eigenvalue weighted by molar-refractivity contribution is 5.98. The molecule has 1 aliphatic carbocycles. The molecule has 0 N–H and O–H groups in total. The lowest BCUT2D eigenvalue weighted by Gasteiger charge is -2.22. The van der Waals surface area contributed by atoms with Gasteiger partial charge in [0.1, 0.15) is 11.3 Å². The maximum atomic E-state index is 13.1. The van der Waals surface area contributed by atoms with Crippen molar-refractivity contribution in [2.75, 3.05) is 33.4 Å². The predicted octanol–water partition coefficient (Wildman–Crippen LogP) is 2.08. The second-order valence-corrected chi connectivity index (χ2v) is 7.02. The Morgan fingerprint density at radius 3 is 2.92 bits per heavy atom. The molecule has 0 saturated heterocycles. The Labute approximate surface area is 148 Å². The van der Waals surface area contributed by atoms with Gasteiger partial charge in [0.15, 0.2) is 0 Å². The van der Waals surface area contributed by atoms with Gasteiger partial charge < -0.3 is 18.9 Å². The Morgan fingerprint density at radius 2 is 2.20 bits per heavy atom. The molecule has 1 aliphatic heterocycles. The highest BCUT2D eigenvalue weighted by atomic mass is 16.5. The summed E-state index contributed by atoms with van der Waals surface area (Å²) in [7, 11) is 1.82. The van der Waals surface area contributed by atoms with Gasteiger partial charge in [0.25, 0.3) is 11.5 Å². The molecule has 1 saturated carbocycles. The minimum atomic E-state index is -0.112. The number of hydrogen-bond acceptors (Lipinski definition) is 4. The van der Waals surface area contributed by atoms with Crippen molar-refractivity contribution >= 4 is 5.91 Å². The number of rotatable bonds is 7. The van der Waals surface area contributed by atoms with Gasteiger partial charge in [-0.25, -0.2) is 0 Å². The highest BCUT2D eigenvalue weighted by Gasteiger charge is 2.28. The van der Waals surface area contributed by atoms with Gasteiger partial charge in [-0.1, -0.05) is 13.3 Å². The van der Waals surface area contributed by atoms with Crippen molar-refractivity contribution < 1.29 is 14.3 Å². The number of amides is 1. The molecule has 1 aromatic rings. The van der Waals surface area contributed by atoms with Crippen LogP contribution in [0.5, 0.6) is 5.75 Å². The first-order valence-corrected chi connectivity index (χ1v) is 9.34. The molecule has 0 spiro atoms. The number of carbonyl (C=O) groups is 1. The van der Waals surface area contributed by atoms with Crippen LogP contribution in [0.25, 0.3) is 0 Å². The molecule has 0 bridgehead atoms. The van der Waals surface area contributed by atoms with E-state index >= 15 is 0 Å². The van der Waals surface area contributed by atoms with Gasteiger partial charge in [-0.2, -0.15) is 0 Å². The number of nitrogens with zero attached hydrogens (tertiary/aromatic N) is 2. The highest BCUT2D eigenvalue weighted by Crippen LogP contribution is 2.31. The minimum Gasteiger partial charge on any atom is -0.492 e. The summed E-state index contributed by atoms with van der Waals surface area (Å²) in [5.41, 5.74) is 1.19. The van der Waals surface area contributed by atoms with Crippen LogP contribution in [0, 0.1) is 5.92 Å². The molecule has 0 atom stereocenters. The molecule has 138 valence electrons. The molecule has 1 amide bonds. The Bertz CT molecular complexity index is 679. The normalized spacial score (nSPS) is 16.9. The predicted molar refractivity (Wildman–Crippen MR) is 95.3 cm³/mol. The van der Waals surface area contributed by atoms with Gasteiger partial charge in [-0.05, 0) is 25.2 Å². The van der Waals surface area contributed by atoms with Crippen molar-refractivity contribution in [3.8, 4) is 5.75 Å². The number of hydrogen-bond donors (Lipinski definition) is 0. The van der Waals surface area contributed by atoms with Crippen LogP contribution < -0.4 is 10.3 Å². The summed E-state index contributed by atoms with van der Waals surface area (Å²) in [5.74, 6) is 0.939. The summed E-state index contributed by atoms with van der Waals surface area (Å²) in [6, 6.07) is 1.48. The van der Waals surface area contributed by atoms with E-state index in [1.165, 1.54) is 6.07 Å². The van der Waals surface area contributed by atoms with Crippen molar-refractivity contribution in [2.24, 2.45) is 5.92 Å². The van der Waals surface area contributed by atoms with Crippen LogP contribution in [0.3, 0.4) is 0 Å². The molecule has 6 heteroatoms. The third-order valence-electron chi connectivity index (χ3n) is 4.90. The van der Waals surface area contributed by atoms with E-state index in [-0.39, 0.29) is 11.5 Å². The summed E-state index contributed by atoms with van der Waals surface area (Å²) in [5, 5.41) is 0. The zero-order valence-corrected chi connectivity index (χ0v) is 15.3. The quantitative estimate of drug-likeness (QED) is 0.757. The van der Waals surface area contributed by atoms with Crippen molar-refractivity contribution in [3.63, 3.8) is 0 Å². The number of carbonyl (C=O) groups excluding carboxylic acids is 1. The lowest BCUT2D eigenvalue weighted by Crippen LogP contribution is -2.33. The second kappa shape index (κ2) is 8.04. The number of pyridine rings is 1. The first kappa shape index (κ1) is 18.0. The average Bonchev–Trinajstić information content (AvgIpc) is 3.43. The molecule has 0 unspecified atom stereocenters. The zero-order valence-electron chi connectivity index (χ0n) is 15.3. The first-order valence-electron chi connectivity index (χ1n) is 9.34. The smallest absolute Gasteiger partial charge is 0.259 e.